The van der Waals surface area contributed by atoms with E-state index in [2.05, 4.69) is 26.0 Å². The van der Waals surface area contributed by atoms with Crippen LogP contribution >= 0.6 is 0 Å². The molecule has 2 unspecified atom stereocenters. The predicted molar refractivity (Wildman–Crippen MR) is 172 cm³/mol. The van der Waals surface area contributed by atoms with Gasteiger partial charge in [0.25, 0.3) is 0 Å². The molecule has 0 spiro atoms. The maximum absolute atomic E-state index is 16.8. The van der Waals surface area contributed by atoms with Gasteiger partial charge in [0.2, 0.25) is 0 Å². The normalized spacial score (nSPS) is 22.6. The maximum Gasteiger partial charge on any atom is 0.319 e. The van der Waals surface area contributed by atoms with Gasteiger partial charge >= 0.3 is 6.01 Å². The van der Waals surface area contributed by atoms with Gasteiger partial charge in [-0.1, -0.05) is 24.5 Å². The van der Waals surface area contributed by atoms with Crippen molar-refractivity contribution >= 4 is 27.5 Å². The molecule has 9 heteroatoms. The Morgan fingerprint density at radius 1 is 1.04 bits per heavy atom. The van der Waals surface area contributed by atoms with Gasteiger partial charge in [0.1, 0.15) is 22.9 Å². The van der Waals surface area contributed by atoms with Crippen molar-refractivity contribution in [2.75, 3.05) is 44.2 Å². The second-order valence-corrected chi connectivity index (χ2v) is 13.5. The molecule has 3 aliphatic heterocycles. The summed E-state index contributed by atoms with van der Waals surface area (Å²) in [5, 5.41) is 15.6. The highest BCUT2D eigenvalue weighted by Gasteiger charge is 2.45. The van der Waals surface area contributed by atoms with Crippen LogP contribution in [-0.2, 0) is 0 Å². The zero-order valence-electron chi connectivity index (χ0n) is 25.3. The summed E-state index contributed by atoms with van der Waals surface area (Å²) in [6.07, 6.45) is 13.8. The lowest BCUT2D eigenvalue weighted by Gasteiger charge is -2.34. The average molecular weight is 610 g/mol. The quantitative estimate of drug-likeness (QED) is 0.249. The molecular formula is C36H37F2N5O2. The van der Waals surface area contributed by atoms with Crippen LogP contribution in [0.1, 0.15) is 50.5 Å². The zero-order chi connectivity index (χ0) is 30.7. The fourth-order valence-corrected chi connectivity index (χ4v) is 7.75. The SMILES string of the molecule is C#Cc1cccc2cc(O)cc(-c3c(F)cc4c(N5CC6CCC(C5)N6)nc(OCC5(CN6CCCCC6)CC5)nc4c3F)c12. The molecule has 45 heavy (non-hydrogen) atoms. The molecule has 2 bridgehead atoms. The van der Waals surface area contributed by atoms with E-state index in [-0.39, 0.29) is 33.8 Å². The van der Waals surface area contributed by atoms with Gasteiger partial charge in [-0.05, 0) is 81.3 Å². The molecule has 4 fully saturated rings. The molecule has 3 aromatic carbocycles. The Hall–Kier alpha value is -4.00. The number of anilines is 1. The highest BCUT2D eigenvalue weighted by atomic mass is 19.1. The molecule has 1 aromatic heterocycles. The van der Waals surface area contributed by atoms with Crippen molar-refractivity contribution < 1.29 is 18.6 Å². The van der Waals surface area contributed by atoms with E-state index in [1.165, 1.54) is 31.4 Å². The van der Waals surface area contributed by atoms with E-state index in [1.807, 2.05) is 0 Å². The molecule has 4 aliphatic rings. The fourth-order valence-electron chi connectivity index (χ4n) is 7.75. The number of halogens is 2. The number of piperazine rings is 1. The van der Waals surface area contributed by atoms with Crippen LogP contribution in [0.15, 0.2) is 36.4 Å². The van der Waals surface area contributed by atoms with Crippen molar-refractivity contribution in [1.82, 2.24) is 20.2 Å². The van der Waals surface area contributed by atoms with E-state index >= 15 is 8.78 Å². The zero-order valence-corrected chi connectivity index (χ0v) is 25.3. The predicted octanol–water partition coefficient (Wildman–Crippen LogP) is 6.00. The number of aromatic nitrogens is 2. The largest absolute Gasteiger partial charge is 0.508 e. The van der Waals surface area contributed by atoms with Crippen molar-refractivity contribution in [3.05, 3.63) is 53.6 Å². The summed E-state index contributed by atoms with van der Waals surface area (Å²) in [5.41, 5.74) is 0.423. The number of phenols is 1. The summed E-state index contributed by atoms with van der Waals surface area (Å²) in [6.45, 7) is 5.06. The summed E-state index contributed by atoms with van der Waals surface area (Å²) in [7, 11) is 0. The van der Waals surface area contributed by atoms with Crippen LogP contribution < -0.4 is 15.0 Å². The topological polar surface area (TPSA) is 73.8 Å². The minimum Gasteiger partial charge on any atom is -0.508 e. The van der Waals surface area contributed by atoms with Gasteiger partial charge < -0.3 is 25.0 Å². The standard InChI is InChI=1S/C36H37F2N5O2/c1-2-22-7-6-8-23-15-26(44)16-27(30(22)23)31-29(37)17-28-33(32(31)38)40-35(41-34(28)43-18-24-9-10-25(19-43)39-24)45-21-36(11-12-36)20-42-13-4-3-5-14-42/h1,6-8,15-17,24-25,39,44H,3-5,9-14,18-21H2. The number of hydrogen-bond acceptors (Lipinski definition) is 7. The first-order valence-electron chi connectivity index (χ1n) is 16.2. The number of terminal acetylenes is 1. The van der Waals surface area contributed by atoms with Crippen LogP contribution in [0.2, 0.25) is 0 Å². The number of ether oxygens (including phenoxy) is 1. The van der Waals surface area contributed by atoms with Crippen LogP contribution in [0.25, 0.3) is 32.8 Å². The van der Waals surface area contributed by atoms with Gasteiger partial charge in [0, 0.05) is 59.0 Å². The Morgan fingerprint density at radius 2 is 1.82 bits per heavy atom. The summed E-state index contributed by atoms with van der Waals surface area (Å²) in [4.78, 5) is 14.1. The maximum atomic E-state index is 16.8. The smallest absolute Gasteiger partial charge is 0.319 e. The van der Waals surface area contributed by atoms with Crippen LogP contribution in [-0.4, -0.2) is 71.4 Å². The second-order valence-electron chi connectivity index (χ2n) is 13.5. The lowest BCUT2D eigenvalue weighted by atomic mass is 9.93. The summed E-state index contributed by atoms with van der Waals surface area (Å²) in [6, 6.07) is 10.2. The molecular weight excluding hydrogens is 572 g/mol. The minimum atomic E-state index is -0.829. The Bertz CT molecular complexity index is 1830. The highest BCUT2D eigenvalue weighted by Crippen LogP contribution is 2.47. The molecule has 3 saturated heterocycles. The number of phenolic OH excluding ortho intramolecular Hbond substituents is 1. The van der Waals surface area contributed by atoms with Crippen molar-refractivity contribution in [3.63, 3.8) is 0 Å². The van der Waals surface area contributed by atoms with Gasteiger partial charge in [-0.15, -0.1) is 6.42 Å². The third-order valence-electron chi connectivity index (χ3n) is 10.2. The van der Waals surface area contributed by atoms with Gasteiger partial charge in [-0.25, -0.2) is 8.78 Å². The molecule has 8 rings (SSSR count). The first kappa shape index (κ1) is 28.5. The minimum absolute atomic E-state index is 0.00663. The Labute approximate surface area is 261 Å². The van der Waals surface area contributed by atoms with E-state index in [0.717, 1.165) is 45.3 Å². The molecule has 7 nitrogen and oxygen atoms in total. The average Bonchev–Trinajstić information content (AvgIpc) is 3.73. The van der Waals surface area contributed by atoms with Gasteiger partial charge in [0.05, 0.1) is 12.2 Å². The Morgan fingerprint density at radius 3 is 2.56 bits per heavy atom. The monoisotopic (exact) mass is 609 g/mol. The first-order chi connectivity index (χ1) is 21.9. The van der Waals surface area contributed by atoms with Crippen LogP contribution in [0.4, 0.5) is 14.6 Å². The first-order valence-corrected chi connectivity index (χ1v) is 16.2. The fraction of sp³-hybridized carbons (Fsp3) is 0.444. The van der Waals surface area contributed by atoms with E-state index in [9.17, 15) is 5.11 Å². The van der Waals surface area contributed by atoms with Crippen molar-refractivity contribution in [1.29, 1.82) is 0 Å². The van der Waals surface area contributed by atoms with Gasteiger partial charge in [0.15, 0.2) is 5.82 Å². The lowest BCUT2D eigenvalue weighted by molar-refractivity contribution is 0.139. The number of fused-ring (bicyclic) bond motifs is 4. The number of aromatic hydroxyl groups is 1. The highest BCUT2D eigenvalue weighted by molar-refractivity contribution is 6.04. The number of benzene rings is 3. The molecule has 4 heterocycles. The number of nitrogens with one attached hydrogen (secondary N) is 1. The Kier molecular flexibility index (Phi) is 7.03. The van der Waals surface area contributed by atoms with Crippen LogP contribution in [0.3, 0.4) is 0 Å². The van der Waals surface area contributed by atoms with Crippen molar-refractivity contribution in [2.45, 2.75) is 57.0 Å². The summed E-state index contributed by atoms with van der Waals surface area (Å²) >= 11 is 0. The molecule has 1 aliphatic carbocycles. The van der Waals surface area contributed by atoms with E-state index in [0.29, 0.717) is 59.3 Å². The number of hydrogen-bond donors (Lipinski definition) is 2. The Balaban J connectivity index is 1.24. The lowest BCUT2D eigenvalue weighted by Crippen LogP contribution is -2.51. The summed E-state index contributed by atoms with van der Waals surface area (Å²) in [5.74, 6) is 1.41. The van der Waals surface area contributed by atoms with Crippen LogP contribution in [0.5, 0.6) is 11.8 Å². The summed E-state index contributed by atoms with van der Waals surface area (Å²) < 4.78 is 39.4. The number of piperidine rings is 1. The van der Waals surface area contributed by atoms with Crippen LogP contribution in [0, 0.1) is 29.4 Å². The molecule has 0 amide bonds. The molecule has 4 aromatic rings. The third-order valence-corrected chi connectivity index (χ3v) is 10.2. The number of nitrogens with zero attached hydrogens (tertiary/aromatic N) is 4. The molecule has 1 saturated carbocycles. The molecule has 2 atom stereocenters. The van der Waals surface area contributed by atoms with Gasteiger partial charge in [-0.2, -0.15) is 9.97 Å². The third kappa shape index (κ3) is 5.24. The van der Waals surface area contributed by atoms with Crippen molar-refractivity contribution in [3.8, 4) is 35.2 Å². The molecule has 232 valence electrons. The molecule has 0 radical (unpaired) electrons. The van der Waals surface area contributed by atoms with E-state index < -0.39 is 11.6 Å². The van der Waals surface area contributed by atoms with Gasteiger partial charge in [-0.3, -0.25) is 0 Å². The van der Waals surface area contributed by atoms with E-state index in [1.54, 1.807) is 24.3 Å². The van der Waals surface area contributed by atoms with E-state index in [4.69, 9.17) is 16.1 Å². The van der Waals surface area contributed by atoms with Crippen molar-refractivity contribution in [2.24, 2.45) is 5.41 Å². The second kappa shape index (κ2) is 11.1. The molecule has 2 N–H and O–H groups in total. The number of likely N-dealkylation sites (tertiary alicyclic amines) is 1. The number of rotatable bonds is 7.